The van der Waals surface area contributed by atoms with E-state index in [1.54, 1.807) is 9.36 Å². The van der Waals surface area contributed by atoms with Gasteiger partial charge >= 0.3 is 16.6 Å². The first-order chi connectivity index (χ1) is 22.2. The maximum absolute atomic E-state index is 14.3. The van der Waals surface area contributed by atoms with Crippen LogP contribution in [-0.2, 0) is 28.0 Å². The van der Waals surface area contributed by atoms with Gasteiger partial charge in [-0.25, -0.2) is 18.9 Å². The van der Waals surface area contributed by atoms with Gasteiger partial charge in [-0.15, -0.1) is 23.3 Å². The van der Waals surface area contributed by atoms with E-state index in [0.29, 0.717) is 40.1 Å². The van der Waals surface area contributed by atoms with Crippen LogP contribution in [0.3, 0.4) is 0 Å². The van der Waals surface area contributed by atoms with Crippen molar-refractivity contribution in [3.05, 3.63) is 76.1 Å². The van der Waals surface area contributed by atoms with Gasteiger partial charge in [-0.2, -0.15) is 4.68 Å². The zero-order valence-corrected chi connectivity index (χ0v) is 29.5. The van der Waals surface area contributed by atoms with Crippen LogP contribution in [0.2, 0.25) is 15.1 Å². The fraction of sp³-hybridized carbons (Fsp3) is 0.367. The third-order valence-electron chi connectivity index (χ3n) is 6.41. The predicted molar refractivity (Wildman–Crippen MR) is 180 cm³/mol. The highest BCUT2D eigenvalue weighted by Crippen LogP contribution is 2.34. The summed E-state index contributed by atoms with van der Waals surface area (Å²) < 4.78 is 33.8. The van der Waals surface area contributed by atoms with E-state index in [1.165, 1.54) is 25.3 Å². The molecule has 0 N–H and O–H groups in total. The van der Waals surface area contributed by atoms with E-state index in [9.17, 15) is 18.8 Å². The molecule has 2 aromatic carbocycles. The molecule has 0 fully saturated rings. The van der Waals surface area contributed by atoms with E-state index in [4.69, 9.17) is 50.4 Å². The Bertz CT molecular complexity index is 2020. The number of hydrogen-bond donors (Lipinski definition) is 0. The Kier molecular flexibility index (Phi) is 12.1. The van der Waals surface area contributed by atoms with Gasteiger partial charge in [-0.1, -0.05) is 61.5 Å². The Morgan fingerprint density at radius 1 is 1.13 bits per heavy atom. The van der Waals surface area contributed by atoms with Crippen molar-refractivity contribution >= 4 is 69.6 Å². The number of aromatic nitrogens is 4. The average Bonchev–Trinajstić information content (AvgIpc) is 3.57. The molecule has 0 radical (unpaired) electrons. The summed E-state index contributed by atoms with van der Waals surface area (Å²) in [7, 11) is 1.30. The molecule has 0 spiro atoms. The molecule has 0 unspecified atom stereocenters. The third-order valence-corrected chi connectivity index (χ3v) is 9.33. The molecule has 11 nitrogen and oxygen atoms in total. The minimum absolute atomic E-state index is 0.0434. The highest BCUT2D eigenvalue weighted by Gasteiger charge is 2.24. The van der Waals surface area contributed by atoms with Gasteiger partial charge in [0.25, 0.3) is 0 Å². The number of fused-ring (bicyclic) bond motifs is 1. The van der Waals surface area contributed by atoms with Gasteiger partial charge in [0.05, 0.1) is 33.6 Å². The van der Waals surface area contributed by atoms with Crippen molar-refractivity contribution in [1.82, 2.24) is 19.1 Å². The van der Waals surface area contributed by atoms with Crippen molar-refractivity contribution in [3.8, 4) is 23.8 Å². The maximum atomic E-state index is 14.3. The van der Waals surface area contributed by atoms with Crippen molar-refractivity contribution in [2.24, 2.45) is 4.99 Å². The minimum atomic E-state index is -0.642. The van der Waals surface area contributed by atoms with Crippen molar-refractivity contribution in [2.75, 3.05) is 19.5 Å². The van der Waals surface area contributed by atoms with Crippen LogP contribution < -0.4 is 20.2 Å². The Morgan fingerprint density at radius 3 is 2.47 bits per heavy atom. The first-order valence-electron chi connectivity index (χ1n) is 13.9. The van der Waals surface area contributed by atoms with Crippen LogP contribution in [0, 0.1) is 18.2 Å². The lowest BCUT2D eigenvalue weighted by molar-refractivity contribution is -0.137. The first kappa shape index (κ1) is 36.4. The summed E-state index contributed by atoms with van der Waals surface area (Å²) in [5, 5.41) is 4.91. The van der Waals surface area contributed by atoms with Gasteiger partial charge in [0.1, 0.15) is 23.9 Å². The number of halogens is 4. The normalized spacial score (nSPS) is 13.0. The molecule has 2 aromatic heterocycles. The summed E-state index contributed by atoms with van der Waals surface area (Å²) in [4.78, 5) is 40.5. The standard InChI is InChI=1S/C15H14Cl2N2O3.C15H15ClFN3O3S2/c1-5-6-21-12-8-11(9(16)7-10(12)17)19-14(20)22-13(18-19)15(2,3)4;1-23-13(21)8-24-12-7-11(10(17)6-9(12)16)18-14-19-4-2-3-5-20(19)15(22)25-14/h1,7-8H,6H2,2-4H3;6-7H,2-5,8H2,1H3/b;18-14-. The Hall–Kier alpha value is -3.48. The fourth-order valence-electron chi connectivity index (χ4n) is 4.07. The minimum Gasteiger partial charge on any atom is -0.479 e. The molecular formula is C30H29Cl3FN5O6S2. The summed E-state index contributed by atoms with van der Waals surface area (Å²) in [5.41, 5.74) is -0.0200. The molecular weight excluding hydrogens is 716 g/mol. The molecule has 0 saturated carbocycles. The van der Waals surface area contributed by atoms with Gasteiger partial charge in [0.2, 0.25) is 10.7 Å². The van der Waals surface area contributed by atoms with Crippen LogP contribution in [-0.4, -0.2) is 44.6 Å². The second kappa shape index (κ2) is 15.6. The molecule has 4 aromatic rings. The molecule has 0 aliphatic carbocycles. The van der Waals surface area contributed by atoms with E-state index < -0.39 is 23.0 Å². The zero-order chi connectivity index (χ0) is 34.5. The highest BCUT2D eigenvalue weighted by molar-refractivity contribution is 8.00. The molecule has 3 heterocycles. The molecule has 5 rings (SSSR count). The van der Waals surface area contributed by atoms with E-state index >= 15 is 0 Å². The number of rotatable bonds is 7. The predicted octanol–water partition coefficient (Wildman–Crippen LogP) is 6.24. The number of methoxy groups -OCH3 is 1. The number of esters is 1. The molecule has 0 amide bonds. The SMILES string of the molecule is C#CCOc1cc(-n2nc(C(C)(C)C)oc2=O)c(Cl)cc1Cl.COC(=O)CSc1cc(/N=c2\sc(=O)n3n2CCCC3)c(F)cc1Cl. The number of nitrogens with zero attached hydrogens (tertiary/aromatic N) is 5. The quantitative estimate of drug-likeness (QED) is 0.124. The smallest absolute Gasteiger partial charge is 0.442 e. The Labute approximate surface area is 291 Å². The van der Waals surface area contributed by atoms with Crippen molar-refractivity contribution in [2.45, 2.75) is 57.0 Å². The maximum Gasteiger partial charge on any atom is 0.442 e. The Morgan fingerprint density at radius 2 is 1.83 bits per heavy atom. The summed E-state index contributed by atoms with van der Waals surface area (Å²) in [6, 6.07) is 5.60. The molecule has 250 valence electrons. The molecule has 0 atom stereocenters. The van der Waals surface area contributed by atoms with Gasteiger partial charge in [-0.05, 0) is 42.4 Å². The summed E-state index contributed by atoms with van der Waals surface area (Å²) in [6.07, 6.45) is 7.05. The first-order valence-corrected chi connectivity index (χ1v) is 16.9. The van der Waals surface area contributed by atoms with E-state index in [1.807, 2.05) is 20.8 Å². The van der Waals surface area contributed by atoms with E-state index in [2.05, 4.69) is 20.7 Å². The van der Waals surface area contributed by atoms with Gasteiger partial charge in [-0.3, -0.25) is 14.3 Å². The topological polar surface area (TPSA) is 123 Å². The van der Waals surface area contributed by atoms with Crippen molar-refractivity contribution < 1.29 is 23.1 Å². The lowest BCUT2D eigenvalue weighted by Crippen LogP contribution is -2.31. The van der Waals surface area contributed by atoms with Crippen LogP contribution in [0.5, 0.6) is 5.75 Å². The van der Waals surface area contributed by atoms with Crippen LogP contribution in [0.15, 0.2) is 48.2 Å². The molecule has 17 heteroatoms. The van der Waals surface area contributed by atoms with Gasteiger partial charge in [0, 0.05) is 29.5 Å². The lowest BCUT2D eigenvalue weighted by Gasteiger charge is -2.15. The van der Waals surface area contributed by atoms with Crippen LogP contribution in [0.4, 0.5) is 10.1 Å². The summed E-state index contributed by atoms with van der Waals surface area (Å²) >= 11 is 20.3. The number of carbonyl (C=O) groups excluding carboxylic acids is 1. The molecule has 1 aliphatic rings. The third kappa shape index (κ3) is 8.91. The van der Waals surface area contributed by atoms with Crippen molar-refractivity contribution in [1.29, 1.82) is 0 Å². The van der Waals surface area contributed by atoms with E-state index in [0.717, 1.165) is 46.7 Å². The van der Waals surface area contributed by atoms with Crippen LogP contribution in [0.1, 0.15) is 39.5 Å². The molecule has 0 saturated heterocycles. The summed E-state index contributed by atoms with van der Waals surface area (Å²) in [6.45, 7) is 7.02. The number of thioether (sulfide) groups is 1. The van der Waals surface area contributed by atoms with Crippen LogP contribution >= 0.6 is 57.9 Å². The lowest BCUT2D eigenvalue weighted by atomic mass is 9.97. The fourth-order valence-corrected chi connectivity index (χ4v) is 6.58. The second-order valence-corrected chi connectivity index (χ2v) is 14.0. The second-order valence-electron chi connectivity index (χ2n) is 10.9. The highest BCUT2D eigenvalue weighted by atomic mass is 35.5. The molecule has 0 bridgehead atoms. The number of ether oxygens (including phenoxy) is 2. The largest absolute Gasteiger partial charge is 0.479 e. The summed E-state index contributed by atoms with van der Waals surface area (Å²) in [5.74, 6) is 1.38. The van der Waals surface area contributed by atoms with Crippen LogP contribution in [0.25, 0.3) is 5.69 Å². The van der Waals surface area contributed by atoms with Gasteiger partial charge in [0.15, 0.2) is 0 Å². The molecule has 1 aliphatic heterocycles. The number of terminal acetylenes is 1. The van der Waals surface area contributed by atoms with Gasteiger partial charge < -0.3 is 13.9 Å². The van der Waals surface area contributed by atoms with Crippen molar-refractivity contribution in [3.63, 3.8) is 0 Å². The van der Waals surface area contributed by atoms with E-state index in [-0.39, 0.29) is 38.0 Å². The average molecular weight is 745 g/mol. The zero-order valence-electron chi connectivity index (χ0n) is 25.6. The number of benzene rings is 2. The molecule has 47 heavy (non-hydrogen) atoms. The Balaban J connectivity index is 0.000000215. The number of hydrogen-bond acceptors (Lipinski definition) is 10. The monoisotopic (exact) mass is 743 g/mol. The number of carbonyl (C=O) groups is 1.